The second kappa shape index (κ2) is 15.3. The van der Waals surface area contributed by atoms with E-state index in [2.05, 4.69) is 5.32 Å². The molecular formula is C34H35FN4O6S. The van der Waals surface area contributed by atoms with Crippen molar-refractivity contribution in [2.75, 3.05) is 17.4 Å². The van der Waals surface area contributed by atoms with E-state index in [1.807, 2.05) is 19.9 Å². The van der Waals surface area contributed by atoms with Gasteiger partial charge in [0.2, 0.25) is 11.8 Å². The van der Waals surface area contributed by atoms with E-state index in [0.29, 0.717) is 6.54 Å². The van der Waals surface area contributed by atoms with Crippen LogP contribution in [0.3, 0.4) is 0 Å². The van der Waals surface area contributed by atoms with Gasteiger partial charge in [-0.05, 0) is 35.7 Å². The largest absolute Gasteiger partial charge is 0.354 e. The maximum absolute atomic E-state index is 15.0. The van der Waals surface area contributed by atoms with Gasteiger partial charge in [0.15, 0.2) is 0 Å². The Labute approximate surface area is 267 Å². The van der Waals surface area contributed by atoms with Crippen molar-refractivity contribution >= 4 is 33.2 Å². The van der Waals surface area contributed by atoms with Crippen LogP contribution in [0.5, 0.6) is 0 Å². The van der Waals surface area contributed by atoms with Gasteiger partial charge in [0.05, 0.1) is 15.5 Å². The van der Waals surface area contributed by atoms with Crippen molar-refractivity contribution in [3.63, 3.8) is 0 Å². The van der Waals surface area contributed by atoms with Crippen LogP contribution in [0.1, 0.15) is 25.0 Å². The maximum atomic E-state index is 15.0. The van der Waals surface area contributed by atoms with Crippen LogP contribution in [0, 0.1) is 21.8 Å². The number of hydrogen-bond donors (Lipinski definition) is 1. The highest BCUT2D eigenvalue weighted by Gasteiger charge is 2.35. The molecule has 1 N–H and O–H groups in total. The van der Waals surface area contributed by atoms with Crippen LogP contribution in [0.4, 0.5) is 15.8 Å². The monoisotopic (exact) mass is 646 g/mol. The summed E-state index contributed by atoms with van der Waals surface area (Å²) in [6.07, 6.45) is 0.0627. The van der Waals surface area contributed by atoms with E-state index in [1.54, 1.807) is 36.4 Å². The first-order chi connectivity index (χ1) is 22.0. The Bertz CT molecular complexity index is 1770. The fraction of sp³-hybridized carbons (Fsp3) is 0.235. The number of halogens is 1. The molecule has 0 heterocycles. The van der Waals surface area contributed by atoms with Crippen molar-refractivity contribution in [1.29, 1.82) is 0 Å². The molecular weight excluding hydrogens is 611 g/mol. The first kappa shape index (κ1) is 33.8. The molecule has 12 heteroatoms. The molecule has 0 unspecified atom stereocenters. The van der Waals surface area contributed by atoms with E-state index in [9.17, 15) is 28.1 Å². The van der Waals surface area contributed by atoms with Crippen LogP contribution in [-0.4, -0.2) is 49.2 Å². The van der Waals surface area contributed by atoms with Gasteiger partial charge in [-0.25, -0.2) is 12.8 Å². The molecule has 0 aliphatic carbocycles. The quantitative estimate of drug-likeness (QED) is 0.145. The third kappa shape index (κ3) is 8.54. The summed E-state index contributed by atoms with van der Waals surface area (Å²) in [5.74, 6) is -1.81. The number of anilines is 1. The third-order valence-electron chi connectivity index (χ3n) is 7.19. The zero-order chi connectivity index (χ0) is 33.3. The average molecular weight is 647 g/mol. The lowest BCUT2D eigenvalue weighted by Gasteiger charge is -2.34. The van der Waals surface area contributed by atoms with E-state index >= 15 is 4.39 Å². The molecule has 0 aliphatic heterocycles. The number of rotatable bonds is 14. The van der Waals surface area contributed by atoms with E-state index in [-0.39, 0.29) is 40.7 Å². The fourth-order valence-corrected chi connectivity index (χ4v) is 6.22. The number of benzene rings is 4. The van der Waals surface area contributed by atoms with Gasteiger partial charge in [-0.15, -0.1) is 0 Å². The number of nitro benzene ring substituents is 1. The lowest BCUT2D eigenvalue weighted by atomic mass is 10.0. The van der Waals surface area contributed by atoms with Crippen molar-refractivity contribution < 1.29 is 27.3 Å². The molecule has 0 saturated heterocycles. The molecule has 46 heavy (non-hydrogen) atoms. The molecule has 2 amide bonds. The number of carbonyl (C=O) groups excluding carboxylic acids is 2. The molecule has 0 saturated carbocycles. The fourth-order valence-electron chi connectivity index (χ4n) is 4.80. The predicted molar refractivity (Wildman–Crippen MR) is 173 cm³/mol. The molecule has 0 aliphatic rings. The van der Waals surface area contributed by atoms with Gasteiger partial charge in [-0.3, -0.25) is 24.0 Å². The van der Waals surface area contributed by atoms with Gasteiger partial charge in [0, 0.05) is 37.2 Å². The first-order valence-corrected chi connectivity index (χ1v) is 16.1. The summed E-state index contributed by atoms with van der Waals surface area (Å²) in [6.45, 7) is 2.98. The van der Waals surface area contributed by atoms with Crippen molar-refractivity contribution in [2.45, 2.75) is 37.8 Å². The Hall–Kier alpha value is -5.10. The molecule has 4 rings (SSSR count). The van der Waals surface area contributed by atoms with Crippen LogP contribution in [0.2, 0.25) is 0 Å². The molecule has 240 valence electrons. The zero-order valence-electron chi connectivity index (χ0n) is 25.5. The number of nitro groups is 1. The minimum atomic E-state index is -4.44. The summed E-state index contributed by atoms with van der Waals surface area (Å²) in [6, 6.07) is 25.9. The van der Waals surface area contributed by atoms with Crippen LogP contribution in [-0.2, 0) is 32.6 Å². The van der Waals surface area contributed by atoms with E-state index < -0.39 is 45.2 Å². The lowest BCUT2D eigenvalue weighted by Crippen LogP contribution is -2.53. The van der Waals surface area contributed by atoms with E-state index in [4.69, 9.17) is 0 Å². The van der Waals surface area contributed by atoms with Crippen LogP contribution in [0.25, 0.3) is 0 Å². The molecule has 4 aromatic carbocycles. The Morgan fingerprint density at radius 2 is 1.52 bits per heavy atom. The highest BCUT2D eigenvalue weighted by atomic mass is 32.2. The van der Waals surface area contributed by atoms with Crippen LogP contribution >= 0.6 is 0 Å². The molecule has 4 aromatic rings. The Morgan fingerprint density at radius 1 is 0.891 bits per heavy atom. The number of amides is 2. The third-order valence-corrected chi connectivity index (χ3v) is 8.98. The molecule has 0 fully saturated rings. The summed E-state index contributed by atoms with van der Waals surface area (Å²) >= 11 is 0. The Kier molecular flexibility index (Phi) is 11.2. The number of carbonyl (C=O) groups is 2. The second-order valence-corrected chi connectivity index (χ2v) is 12.9. The summed E-state index contributed by atoms with van der Waals surface area (Å²) < 4.78 is 43.8. The standard InChI is InChI=1S/C34H35FN4O6S/c1-25(2)22-36-34(41)32(20-26-12-5-3-6-13-26)37(23-27-14-9-10-19-31(27)35)33(40)24-38(28-15-11-16-29(21-28)39(42)43)46(44,45)30-17-7-4-8-18-30/h3-19,21,25,32H,20,22-24H2,1-2H3,(H,36,41)/t32-/m0/s1. The Morgan fingerprint density at radius 3 is 2.15 bits per heavy atom. The summed E-state index contributed by atoms with van der Waals surface area (Å²) in [5, 5.41) is 14.5. The molecule has 1 atom stereocenters. The summed E-state index contributed by atoms with van der Waals surface area (Å²) in [4.78, 5) is 40.1. The topological polar surface area (TPSA) is 130 Å². The average Bonchev–Trinajstić information content (AvgIpc) is 3.05. The predicted octanol–water partition coefficient (Wildman–Crippen LogP) is 5.34. The molecule has 0 aromatic heterocycles. The number of nitrogens with one attached hydrogen (secondary N) is 1. The number of sulfonamides is 1. The maximum Gasteiger partial charge on any atom is 0.271 e. The number of hydrogen-bond acceptors (Lipinski definition) is 6. The molecule has 10 nitrogen and oxygen atoms in total. The van der Waals surface area contributed by atoms with Gasteiger partial charge in [-0.2, -0.15) is 0 Å². The number of non-ortho nitro benzene ring substituents is 1. The van der Waals surface area contributed by atoms with Crippen LogP contribution in [0.15, 0.2) is 114 Å². The highest BCUT2D eigenvalue weighted by molar-refractivity contribution is 7.92. The smallest absolute Gasteiger partial charge is 0.271 e. The lowest BCUT2D eigenvalue weighted by molar-refractivity contribution is -0.384. The SMILES string of the molecule is CC(C)CNC(=O)[C@H](Cc1ccccc1)N(Cc1ccccc1F)C(=O)CN(c1cccc([N+](=O)[O-])c1)S(=O)(=O)c1ccccc1. The first-order valence-electron chi connectivity index (χ1n) is 14.6. The summed E-state index contributed by atoms with van der Waals surface area (Å²) in [5.41, 5.74) is 0.349. The molecule has 0 bridgehead atoms. The van der Waals surface area contributed by atoms with Crippen molar-refractivity contribution in [3.05, 3.63) is 136 Å². The van der Waals surface area contributed by atoms with Crippen molar-refractivity contribution in [3.8, 4) is 0 Å². The minimum Gasteiger partial charge on any atom is -0.354 e. The van der Waals surface area contributed by atoms with Gasteiger partial charge < -0.3 is 10.2 Å². The minimum absolute atomic E-state index is 0.0627. The highest BCUT2D eigenvalue weighted by Crippen LogP contribution is 2.28. The zero-order valence-corrected chi connectivity index (χ0v) is 26.3. The second-order valence-electron chi connectivity index (χ2n) is 11.1. The van der Waals surface area contributed by atoms with E-state index in [0.717, 1.165) is 15.9 Å². The van der Waals surface area contributed by atoms with Crippen molar-refractivity contribution in [2.24, 2.45) is 5.92 Å². The molecule has 0 radical (unpaired) electrons. The Balaban J connectivity index is 1.83. The van der Waals surface area contributed by atoms with E-state index in [1.165, 1.54) is 65.6 Å². The van der Waals surface area contributed by atoms with Gasteiger partial charge in [-0.1, -0.05) is 86.6 Å². The van der Waals surface area contributed by atoms with Gasteiger partial charge >= 0.3 is 0 Å². The van der Waals surface area contributed by atoms with Crippen LogP contribution < -0.4 is 9.62 Å². The number of nitrogens with zero attached hydrogens (tertiary/aromatic N) is 3. The molecule has 0 spiro atoms. The van der Waals surface area contributed by atoms with Crippen molar-refractivity contribution in [1.82, 2.24) is 10.2 Å². The van der Waals surface area contributed by atoms with Gasteiger partial charge in [0.25, 0.3) is 15.7 Å². The van der Waals surface area contributed by atoms with Gasteiger partial charge in [0.1, 0.15) is 18.4 Å². The normalized spacial score (nSPS) is 11.9. The summed E-state index contributed by atoms with van der Waals surface area (Å²) in [7, 11) is -4.44.